The fourth-order valence-electron chi connectivity index (χ4n) is 2.33. The lowest BCUT2D eigenvalue weighted by Gasteiger charge is -2.31. The van der Waals surface area contributed by atoms with Crippen molar-refractivity contribution in [1.82, 2.24) is 4.90 Å². The minimum absolute atomic E-state index is 0.0666. The smallest absolute Gasteiger partial charge is 0.230 e. The van der Waals surface area contributed by atoms with Gasteiger partial charge in [0.15, 0.2) is 0 Å². The average Bonchev–Trinajstić information content (AvgIpc) is 2.48. The second-order valence-corrected chi connectivity index (χ2v) is 4.83. The molecule has 0 saturated carbocycles. The third kappa shape index (κ3) is 2.85. The highest BCUT2D eigenvalue weighted by molar-refractivity contribution is 5.90. The van der Waals surface area contributed by atoms with Crippen LogP contribution in [0.25, 0.3) is 5.70 Å². The van der Waals surface area contributed by atoms with Crippen LogP contribution >= 0.6 is 0 Å². The summed E-state index contributed by atoms with van der Waals surface area (Å²) in [5.41, 5.74) is 2.01. The van der Waals surface area contributed by atoms with Gasteiger partial charge in [0.05, 0.1) is 0 Å². The van der Waals surface area contributed by atoms with Gasteiger partial charge >= 0.3 is 0 Å². The normalized spacial score (nSPS) is 18.4. The Morgan fingerprint density at radius 1 is 1.40 bits per heavy atom. The van der Waals surface area contributed by atoms with E-state index in [0.717, 1.165) is 23.4 Å². The van der Waals surface area contributed by atoms with E-state index in [1.165, 1.54) is 0 Å². The van der Waals surface area contributed by atoms with Crippen LogP contribution in [-0.2, 0) is 4.79 Å². The first-order chi connectivity index (χ1) is 9.67. The van der Waals surface area contributed by atoms with Crippen LogP contribution in [0.4, 0.5) is 0 Å². The predicted octanol–water partition coefficient (Wildman–Crippen LogP) is 2.93. The number of carbonyl (C=O) groups is 1. The van der Waals surface area contributed by atoms with Crippen molar-refractivity contribution in [2.24, 2.45) is 5.92 Å². The van der Waals surface area contributed by atoms with Crippen molar-refractivity contribution in [2.45, 2.75) is 20.3 Å². The maximum absolute atomic E-state index is 12.2. The Labute approximate surface area is 120 Å². The van der Waals surface area contributed by atoms with Gasteiger partial charge < -0.3 is 9.64 Å². The minimum atomic E-state index is 0.0666. The van der Waals surface area contributed by atoms with Gasteiger partial charge in [0, 0.05) is 18.2 Å². The molecule has 1 amide bonds. The Balaban J connectivity index is 2.22. The number of benzene rings is 1. The number of rotatable bonds is 4. The van der Waals surface area contributed by atoms with Crippen LogP contribution in [0.15, 0.2) is 30.3 Å². The fraction of sp³-hybridized carbons (Fsp3) is 0.353. The summed E-state index contributed by atoms with van der Waals surface area (Å²) < 4.78 is 5.35. The van der Waals surface area contributed by atoms with E-state index in [0.29, 0.717) is 6.54 Å². The molecule has 1 aliphatic heterocycles. The molecule has 0 aliphatic carbocycles. The van der Waals surface area contributed by atoms with Crippen molar-refractivity contribution < 1.29 is 9.53 Å². The molecule has 0 spiro atoms. The standard InChI is InChI=1S/C17H19NO2/c1-4-12-20-15-9-7-14(8-10-15)16-11-6-13(3)17(19)18(16)5-2/h1,7-11,13H,5-6,12H2,2-3H3. The van der Waals surface area contributed by atoms with Crippen LogP contribution in [0.3, 0.4) is 0 Å². The number of terminal acetylenes is 1. The second-order valence-electron chi connectivity index (χ2n) is 4.83. The Kier molecular flexibility index (Phi) is 4.47. The minimum Gasteiger partial charge on any atom is -0.481 e. The monoisotopic (exact) mass is 269 g/mol. The van der Waals surface area contributed by atoms with Gasteiger partial charge in [-0.1, -0.05) is 18.9 Å². The predicted molar refractivity (Wildman–Crippen MR) is 79.9 cm³/mol. The zero-order chi connectivity index (χ0) is 14.5. The zero-order valence-electron chi connectivity index (χ0n) is 11.9. The lowest BCUT2D eigenvalue weighted by atomic mass is 9.97. The van der Waals surface area contributed by atoms with Gasteiger partial charge in [-0.3, -0.25) is 4.79 Å². The molecule has 1 unspecified atom stereocenters. The van der Waals surface area contributed by atoms with Crippen molar-refractivity contribution in [3.05, 3.63) is 35.9 Å². The molecule has 1 aliphatic rings. The van der Waals surface area contributed by atoms with Gasteiger partial charge in [-0.15, -0.1) is 6.42 Å². The van der Waals surface area contributed by atoms with E-state index < -0.39 is 0 Å². The Morgan fingerprint density at radius 2 is 2.10 bits per heavy atom. The van der Waals surface area contributed by atoms with Crippen LogP contribution < -0.4 is 4.74 Å². The van der Waals surface area contributed by atoms with Gasteiger partial charge in [0.2, 0.25) is 5.91 Å². The molecule has 2 rings (SSSR count). The van der Waals surface area contributed by atoms with Gasteiger partial charge in [0.1, 0.15) is 12.4 Å². The molecule has 0 fully saturated rings. The van der Waals surface area contributed by atoms with Crippen LogP contribution in [-0.4, -0.2) is 24.0 Å². The average molecular weight is 269 g/mol. The molecular formula is C17H19NO2. The molecule has 1 atom stereocenters. The summed E-state index contributed by atoms with van der Waals surface area (Å²) in [5, 5.41) is 0. The number of nitrogens with zero attached hydrogens (tertiary/aromatic N) is 1. The van der Waals surface area contributed by atoms with Crippen LogP contribution in [0.5, 0.6) is 5.75 Å². The molecule has 0 radical (unpaired) electrons. The Morgan fingerprint density at radius 3 is 2.70 bits per heavy atom. The van der Waals surface area contributed by atoms with Crippen molar-refractivity contribution in [3.8, 4) is 18.1 Å². The Hall–Kier alpha value is -2.21. The molecule has 3 nitrogen and oxygen atoms in total. The van der Waals surface area contributed by atoms with Crippen LogP contribution in [0.2, 0.25) is 0 Å². The molecule has 0 saturated heterocycles. The topological polar surface area (TPSA) is 29.5 Å². The fourth-order valence-corrected chi connectivity index (χ4v) is 2.33. The summed E-state index contributed by atoms with van der Waals surface area (Å²) in [5.74, 6) is 3.43. The first kappa shape index (κ1) is 14.2. The first-order valence-electron chi connectivity index (χ1n) is 6.85. The molecule has 104 valence electrons. The summed E-state index contributed by atoms with van der Waals surface area (Å²) in [6.45, 7) is 4.91. The molecule has 0 N–H and O–H groups in total. The number of carbonyl (C=O) groups excluding carboxylic acids is 1. The molecule has 20 heavy (non-hydrogen) atoms. The van der Waals surface area contributed by atoms with E-state index in [4.69, 9.17) is 11.2 Å². The lowest BCUT2D eigenvalue weighted by Crippen LogP contribution is -2.36. The van der Waals surface area contributed by atoms with Crippen LogP contribution in [0, 0.1) is 18.3 Å². The van der Waals surface area contributed by atoms with E-state index in [1.54, 1.807) is 0 Å². The molecule has 3 heteroatoms. The second kappa shape index (κ2) is 6.29. The molecule has 1 aromatic carbocycles. The quantitative estimate of drug-likeness (QED) is 0.787. The molecule has 0 aromatic heterocycles. The third-order valence-electron chi connectivity index (χ3n) is 3.43. The maximum Gasteiger partial charge on any atom is 0.230 e. The van der Waals surface area contributed by atoms with Crippen LogP contribution in [0.1, 0.15) is 25.8 Å². The molecular weight excluding hydrogens is 250 g/mol. The summed E-state index contributed by atoms with van der Waals surface area (Å²) in [6, 6.07) is 7.68. The molecule has 1 heterocycles. The largest absolute Gasteiger partial charge is 0.481 e. The summed E-state index contributed by atoms with van der Waals surface area (Å²) in [4.78, 5) is 14.0. The van der Waals surface area contributed by atoms with Gasteiger partial charge in [0.25, 0.3) is 0 Å². The summed E-state index contributed by atoms with van der Waals surface area (Å²) in [6.07, 6.45) is 8.08. The number of hydrogen-bond donors (Lipinski definition) is 0. The number of hydrogen-bond acceptors (Lipinski definition) is 2. The third-order valence-corrected chi connectivity index (χ3v) is 3.43. The summed E-state index contributed by atoms with van der Waals surface area (Å²) in [7, 11) is 0. The highest BCUT2D eigenvalue weighted by Gasteiger charge is 2.26. The number of amides is 1. The maximum atomic E-state index is 12.2. The first-order valence-corrected chi connectivity index (χ1v) is 6.85. The zero-order valence-corrected chi connectivity index (χ0v) is 11.9. The molecule has 0 bridgehead atoms. The van der Waals surface area contributed by atoms with Gasteiger partial charge in [-0.2, -0.15) is 0 Å². The van der Waals surface area contributed by atoms with E-state index in [9.17, 15) is 4.79 Å². The summed E-state index contributed by atoms with van der Waals surface area (Å²) >= 11 is 0. The van der Waals surface area contributed by atoms with E-state index in [2.05, 4.69) is 12.0 Å². The van der Waals surface area contributed by atoms with E-state index in [1.807, 2.05) is 43.0 Å². The highest BCUT2D eigenvalue weighted by atomic mass is 16.5. The van der Waals surface area contributed by atoms with Crippen molar-refractivity contribution in [2.75, 3.05) is 13.2 Å². The number of ether oxygens (including phenoxy) is 1. The van der Waals surface area contributed by atoms with E-state index >= 15 is 0 Å². The number of allylic oxidation sites excluding steroid dienone is 1. The van der Waals surface area contributed by atoms with Crippen molar-refractivity contribution in [3.63, 3.8) is 0 Å². The van der Waals surface area contributed by atoms with Gasteiger partial charge in [-0.25, -0.2) is 0 Å². The highest BCUT2D eigenvalue weighted by Crippen LogP contribution is 2.29. The SMILES string of the molecule is C#CCOc1ccc(C2=CCC(C)C(=O)N2CC)cc1. The van der Waals surface area contributed by atoms with Crippen molar-refractivity contribution >= 4 is 11.6 Å². The van der Waals surface area contributed by atoms with Gasteiger partial charge in [-0.05, 0) is 43.2 Å². The van der Waals surface area contributed by atoms with Crippen molar-refractivity contribution in [1.29, 1.82) is 0 Å². The molecule has 1 aromatic rings. The van der Waals surface area contributed by atoms with E-state index in [-0.39, 0.29) is 18.4 Å². The lowest BCUT2D eigenvalue weighted by molar-refractivity contribution is -0.131. The Bertz CT molecular complexity index is 551.